The molecule has 0 saturated carbocycles. The maximum atomic E-state index is 13.5. The molecule has 0 spiro atoms. The van der Waals surface area contributed by atoms with E-state index in [4.69, 9.17) is 14.6 Å². The molecule has 0 fully saturated rings. The zero-order valence-electron chi connectivity index (χ0n) is 21.1. The summed E-state index contributed by atoms with van der Waals surface area (Å²) in [4.78, 5) is 27.5. The molecule has 4 rings (SSSR count). The summed E-state index contributed by atoms with van der Waals surface area (Å²) in [7, 11) is 1.60. The average Bonchev–Trinajstić information content (AvgIpc) is 3.35. The van der Waals surface area contributed by atoms with Gasteiger partial charge in [-0.25, -0.2) is 4.68 Å². The maximum absolute atomic E-state index is 13.5. The summed E-state index contributed by atoms with van der Waals surface area (Å²) in [5, 5.41) is 14.5. The first-order valence-corrected chi connectivity index (χ1v) is 12.0. The van der Waals surface area contributed by atoms with Gasteiger partial charge in [0.15, 0.2) is 0 Å². The van der Waals surface area contributed by atoms with Crippen molar-refractivity contribution < 1.29 is 19.1 Å². The fraction of sp³-hybridized carbons (Fsp3) is 0.241. The van der Waals surface area contributed by atoms with E-state index in [2.05, 4.69) is 0 Å². The zero-order chi connectivity index (χ0) is 26.4. The Morgan fingerprint density at radius 1 is 1.08 bits per heavy atom. The van der Waals surface area contributed by atoms with Gasteiger partial charge in [-0.1, -0.05) is 30.3 Å². The van der Waals surface area contributed by atoms with Gasteiger partial charge in [0.1, 0.15) is 23.1 Å². The first kappa shape index (κ1) is 25.6. The Morgan fingerprint density at radius 3 is 2.57 bits per heavy atom. The summed E-state index contributed by atoms with van der Waals surface area (Å²) in [6, 6.07) is 19.1. The normalized spacial score (nSPS) is 14.9. The SMILES string of the molecule is CCOCCCN1C(=O)C(C#N)=C(C)/C(=C\c2cn(-c3ccccc3)nc2-c2cccc(OC)c2)C1=O. The van der Waals surface area contributed by atoms with Crippen LogP contribution in [-0.4, -0.2) is 53.4 Å². The van der Waals surface area contributed by atoms with E-state index in [0.717, 1.165) is 16.2 Å². The maximum Gasteiger partial charge on any atom is 0.271 e. The number of carbonyl (C=O) groups excluding carboxylic acids is 2. The van der Waals surface area contributed by atoms with E-state index in [0.29, 0.717) is 42.2 Å². The van der Waals surface area contributed by atoms with Crippen LogP contribution < -0.4 is 4.74 Å². The molecular weight excluding hydrogens is 468 g/mol. The first-order valence-electron chi connectivity index (χ1n) is 12.0. The minimum absolute atomic E-state index is 0.0411. The molecule has 2 aromatic carbocycles. The molecule has 0 aliphatic carbocycles. The molecule has 2 amide bonds. The second-order valence-corrected chi connectivity index (χ2v) is 8.43. The van der Waals surface area contributed by atoms with Crippen molar-refractivity contribution in [2.45, 2.75) is 20.3 Å². The number of benzene rings is 2. The molecule has 0 atom stereocenters. The molecule has 8 heteroatoms. The lowest BCUT2D eigenvalue weighted by atomic mass is 9.93. The lowest BCUT2D eigenvalue weighted by molar-refractivity contribution is -0.140. The molecule has 0 radical (unpaired) electrons. The first-order chi connectivity index (χ1) is 18.0. The Bertz CT molecular complexity index is 1410. The number of imide groups is 1. The van der Waals surface area contributed by atoms with Crippen LogP contribution >= 0.6 is 0 Å². The van der Waals surface area contributed by atoms with Crippen molar-refractivity contribution in [1.82, 2.24) is 14.7 Å². The summed E-state index contributed by atoms with van der Waals surface area (Å²) >= 11 is 0. The van der Waals surface area contributed by atoms with Gasteiger partial charge >= 0.3 is 0 Å². The van der Waals surface area contributed by atoms with Crippen molar-refractivity contribution in [3.8, 4) is 28.8 Å². The summed E-state index contributed by atoms with van der Waals surface area (Å²) < 4.78 is 12.5. The number of hydrogen-bond acceptors (Lipinski definition) is 6. The number of carbonyl (C=O) groups is 2. The van der Waals surface area contributed by atoms with Gasteiger partial charge in [0.2, 0.25) is 0 Å². The Hall–Kier alpha value is -4.48. The highest BCUT2D eigenvalue weighted by molar-refractivity contribution is 6.19. The average molecular weight is 497 g/mol. The molecule has 1 aliphatic heterocycles. The minimum atomic E-state index is -0.577. The van der Waals surface area contributed by atoms with Gasteiger partial charge in [-0.3, -0.25) is 14.5 Å². The van der Waals surface area contributed by atoms with E-state index in [9.17, 15) is 14.9 Å². The zero-order valence-corrected chi connectivity index (χ0v) is 21.1. The van der Waals surface area contributed by atoms with Gasteiger partial charge in [0.05, 0.1) is 12.8 Å². The van der Waals surface area contributed by atoms with Crippen LogP contribution in [0.1, 0.15) is 25.8 Å². The third-order valence-corrected chi connectivity index (χ3v) is 6.11. The molecular formula is C29H28N4O4. The number of hydrogen-bond donors (Lipinski definition) is 0. The van der Waals surface area contributed by atoms with Crippen molar-refractivity contribution in [3.05, 3.63) is 83.1 Å². The van der Waals surface area contributed by atoms with Crippen molar-refractivity contribution in [2.75, 3.05) is 26.9 Å². The van der Waals surface area contributed by atoms with Crippen molar-refractivity contribution >= 4 is 17.9 Å². The van der Waals surface area contributed by atoms with Gasteiger partial charge in [-0.15, -0.1) is 0 Å². The second kappa shape index (κ2) is 11.5. The summed E-state index contributed by atoms with van der Waals surface area (Å²) in [6.07, 6.45) is 4.02. The van der Waals surface area contributed by atoms with Crippen LogP contribution in [-0.2, 0) is 14.3 Å². The smallest absolute Gasteiger partial charge is 0.271 e. The van der Waals surface area contributed by atoms with Crippen molar-refractivity contribution in [3.63, 3.8) is 0 Å². The number of nitriles is 1. The second-order valence-electron chi connectivity index (χ2n) is 8.43. The van der Waals surface area contributed by atoms with Crippen LogP contribution in [0.3, 0.4) is 0 Å². The topological polar surface area (TPSA) is 97.5 Å². The van der Waals surface area contributed by atoms with Crippen molar-refractivity contribution in [2.24, 2.45) is 0 Å². The Balaban J connectivity index is 1.84. The van der Waals surface area contributed by atoms with E-state index in [1.54, 1.807) is 24.8 Å². The van der Waals surface area contributed by atoms with Gasteiger partial charge < -0.3 is 9.47 Å². The largest absolute Gasteiger partial charge is 0.497 e. The van der Waals surface area contributed by atoms with Crippen LogP contribution in [0.2, 0.25) is 0 Å². The van der Waals surface area contributed by atoms with Crippen LogP contribution in [0.15, 0.2) is 77.5 Å². The van der Waals surface area contributed by atoms with Crippen LogP contribution in [0.25, 0.3) is 23.0 Å². The number of rotatable bonds is 9. The standard InChI is InChI=1S/C29H28N4O4/c1-4-37-15-9-14-32-28(34)25(20(2)26(18-30)29(32)35)17-22-19-33(23-11-6-5-7-12-23)31-27(22)21-10-8-13-24(16-21)36-3/h5-8,10-13,16-17,19H,4,9,14-15H2,1-3H3/b25-17+. The minimum Gasteiger partial charge on any atom is -0.497 e. The van der Waals surface area contributed by atoms with Crippen LogP contribution in [0.4, 0.5) is 0 Å². The Morgan fingerprint density at radius 2 is 1.86 bits per heavy atom. The third-order valence-electron chi connectivity index (χ3n) is 6.11. The van der Waals surface area contributed by atoms with Crippen molar-refractivity contribution in [1.29, 1.82) is 5.26 Å². The number of ether oxygens (including phenoxy) is 2. The van der Waals surface area contributed by atoms with E-state index < -0.39 is 11.8 Å². The van der Waals surface area contributed by atoms with E-state index in [1.807, 2.05) is 73.8 Å². The number of para-hydroxylation sites is 1. The molecule has 37 heavy (non-hydrogen) atoms. The third kappa shape index (κ3) is 5.37. The van der Waals surface area contributed by atoms with Crippen LogP contribution in [0.5, 0.6) is 5.75 Å². The molecule has 0 saturated heterocycles. The van der Waals surface area contributed by atoms with E-state index in [1.165, 1.54) is 0 Å². The number of methoxy groups -OCH3 is 1. The molecule has 188 valence electrons. The Kier molecular flexibility index (Phi) is 7.96. The Labute approximate surface area is 216 Å². The lowest BCUT2D eigenvalue weighted by Gasteiger charge is -2.27. The fourth-order valence-corrected chi connectivity index (χ4v) is 4.16. The molecule has 8 nitrogen and oxygen atoms in total. The highest BCUT2D eigenvalue weighted by atomic mass is 16.5. The predicted molar refractivity (Wildman–Crippen MR) is 140 cm³/mol. The highest BCUT2D eigenvalue weighted by Gasteiger charge is 2.35. The van der Waals surface area contributed by atoms with Gasteiger partial charge in [-0.2, -0.15) is 10.4 Å². The molecule has 3 aromatic rings. The number of nitrogens with zero attached hydrogens (tertiary/aromatic N) is 4. The van der Waals surface area contributed by atoms with E-state index >= 15 is 0 Å². The highest BCUT2D eigenvalue weighted by Crippen LogP contribution is 2.32. The fourth-order valence-electron chi connectivity index (χ4n) is 4.16. The predicted octanol–water partition coefficient (Wildman–Crippen LogP) is 4.57. The quantitative estimate of drug-likeness (QED) is 0.245. The monoisotopic (exact) mass is 496 g/mol. The van der Waals surface area contributed by atoms with Gasteiger partial charge in [-0.05, 0) is 56.2 Å². The molecule has 0 N–H and O–H groups in total. The van der Waals surface area contributed by atoms with Crippen LogP contribution in [0, 0.1) is 11.3 Å². The molecule has 0 bridgehead atoms. The van der Waals surface area contributed by atoms with E-state index in [-0.39, 0.29) is 17.7 Å². The number of amides is 2. The molecule has 2 heterocycles. The summed E-state index contributed by atoms with van der Waals surface area (Å²) in [5.74, 6) is -0.346. The van der Waals surface area contributed by atoms with Gasteiger partial charge in [0, 0.05) is 42.7 Å². The summed E-state index contributed by atoms with van der Waals surface area (Å²) in [5.41, 5.74) is 3.54. The molecule has 0 unspecified atom stereocenters. The number of aromatic nitrogens is 2. The van der Waals surface area contributed by atoms with Gasteiger partial charge in [0.25, 0.3) is 11.8 Å². The lowest BCUT2D eigenvalue weighted by Crippen LogP contribution is -2.43. The molecule has 1 aromatic heterocycles. The molecule has 1 aliphatic rings. The summed E-state index contributed by atoms with van der Waals surface area (Å²) in [6.45, 7) is 4.65.